The molecular formula is C11H15F2N3O4. The summed E-state index contributed by atoms with van der Waals surface area (Å²) >= 11 is 0. The van der Waals surface area contributed by atoms with Crippen LogP contribution in [0.25, 0.3) is 0 Å². The molecule has 7 nitrogen and oxygen atoms in total. The van der Waals surface area contributed by atoms with Crippen LogP contribution in [0.4, 0.5) is 14.6 Å². The highest BCUT2D eigenvalue weighted by Crippen LogP contribution is 2.25. The van der Waals surface area contributed by atoms with Crippen LogP contribution in [0.3, 0.4) is 0 Å². The molecule has 1 unspecified atom stereocenters. The number of nitrogen functional groups attached to an aromatic ring is 1. The number of hydrogen-bond donors (Lipinski definition) is 3. The van der Waals surface area contributed by atoms with Crippen LogP contribution in [0.1, 0.15) is 6.23 Å². The Morgan fingerprint density at radius 3 is 2.75 bits per heavy atom. The monoisotopic (exact) mass is 291 g/mol. The van der Waals surface area contributed by atoms with Crippen LogP contribution in [0.15, 0.2) is 29.7 Å². The first-order chi connectivity index (χ1) is 9.40. The smallest absolute Gasteiger partial charge is 0.351 e. The van der Waals surface area contributed by atoms with Crippen LogP contribution in [-0.2, 0) is 4.74 Å². The van der Waals surface area contributed by atoms with Gasteiger partial charge in [0.25, 0.3) is 0 Å². The van der Waals surface area contributed by atoms with E-state index in [1.54, 1.807) is 0 Å². The molecule has 4 N–H and O–H groups in total. The molecule has 9 heteroatoms. The number of nitrogens with zero attached hydrogens (tertiary/aromatic N) is 2. The minimum atomic E-state index is -2.66. The summed E-state index contributed by atoms with van der Waals surface area (Å²) in [5, 5.41) is 18.1. The summed E-state index contributed by atoms with van der Waals surface area (Å²) in [6, 6.07) is 1.22. The van der Waals surface area contributed by atoms with Gasteiger partial charge in [0.15, 0.2) is 11.8 Å². The van der Waals surface area contributed by atoms with E-state index in [2.05, 4.69) is 11.6 Å². The maximum Gasteiger partial charge on any atom is 0.351 e. The van der Waals surface area contributed by atoms with Gasteiger partial charge in [-0.3, -0.25) is 4.57 Å². The highest BCUT2D eigenvalue weighted by molar-refractivity contribution is 5.23. The van der Waals surface area contributed by atoms with E-state index < -0.39 is 37.2 Å². The van der Waals surface area contributed by atoms with Crippen molar-refractivity contribution in [2.75, 3.05) is 19.0 Å². The van der Waals surface area contributed by atoms with Crippen molar-refractivity contribution in [1.82, 2.24) is 9.55 Å². The van der Waals surface area contributed by atoms with Crippen LogP contribution in [0.5, 0.6) is 0 Å². The van der Waals surface area contributed by atoms with Crippen molar-refractivity contribution in [2.45, 2.75) is 18.2 Å². The summed E-state index contributed by atoms with van der Waals surface area (Å²) in [5.74, 6) is -0.0773. The molecule has 0 radical (unpaired) electrons. The molecule has 0 spiro atoms. The third kappa shape index (κ3) is 3.18. The molecule has 0 saturated heterocycles. The van der Waals surface area contributed by atoms with E-state index in [-0.39, 0.29) is 5.82 Å². The highest BCUT2D eigenvalue weighted by atomic mass is 19.1. The first-order valence-corrected chi connectivity index (χ1v) is 5.55. The Hall–Kier alpha value is -1.84. The fourth-order valence-corrected chi connectivity index (χ4v) is 1.44. The lowest BCUT2D eigenvalue weighted by Gasteiger charge is -2.32. The number of ether oxygens (including phenoxy) is 1. The van der Waals surface area contributed by atoms with E-state index >= 15 is 0 Å². The Balaban J connectivity index is 3.13. The fraction of sp³-hybridized carbons (Fsp3) is 0.455. The van der Waals surface area contributed by atoms with E-state index in [0.29, 0.717) is 4.57 Å². The van der Waals surface area contributed by atoms with E-state index in [1.165, 1.54) is 6.07 Å². The first kappa shape index (κ1) is 16.2. The Morgan fingerprint density at radius 2 is 2.35 bits per heavy atom. The van der Waals surface area contributed by atoms with Crippen LogP contribution in [0.2, 0.25) is 0 Å². The van der Waals surface area contributed by atoms with E-state index in [4.69, 9.17) is 20.7 Å². The largest absolute Gasteiger partial charge is 0.393 e. The summed E-state index contributed by atoms with van der Waals surface area (Å²) < 4.78 is 31.9. The van der Waals surface area contributed by atoms with Crippen molar-refractivity contribution in [1.29, 1.82) is 0 Å². The SMILES string of the molecule is C=C[C@](CO)(OC(CF)n1ccc(N)nc1=O)[C@@H](O)F. The number of anilines is 1. The second-order valence-corrected chi connectivity index (χ2v) is 3.92. The van der Waals surface area contributed by atoms with Crippen LogP contribution in [0, 0.1) is 0 Å². The molecule has 1 rings (SSSR count). The molecule has 0 bridgehead atoms. The first-order valence-electron chi connectivity index (χ1n) is 5.55. The summed E-state index contributed by atoms with van der Waals surface area (Å²) in [7, 11) is 0. The number of rotatable bonds is 7. The van der Waals surface area contributed by atoms with E-state index in [0.717, 1.165) is 12.3 Å². The number of aliphatic hydroxyl groups is 2. The molecular weight excluding hydrogens is 276 g/mol. The van der Waals surface area contributed by atoms with Crippen molar-refractivity contribution < 1.29 is 23.7 Å². The molecule has 3 atom stereocenters. The molecule has 1 aromatic rings. The normalized spacial score (nSPS) is 17.2. The second kappa shape index (κ2) is 6.55. The van der Waals surface area contributed by atoms with Gasteiger partial charge in [-0.15, -0.1) is 0 Å². The van der Waals surface area contributed by atoms with Gasteiger partial charge in [0.2, 0.25) is 6.36 Å². The quantitative estimate of drug-likeness (QED) is 0.585. The van der Waals surface area contributed by atoms with Crippen molar-refractivity contribution in [3.63, 3.8) is 0 Å². The number of halogens is 2. The third-order valence-electron chi connectivity index (χ3n) is 2.65. The van der Waals surface area contributed by atoms with Crippen LogP contribution < -0.4 is 11.4 Å². The minimum absolute atomic E-state index is 0.0773. The van der Waals surface area contributed by atoms with Gasteiger partial charge >= 0.3 is 5.69 Å². The molecule has 112 valence electrons. The second-order valence-electron chi connectivity index (χ2n) is 3.92. The molecule has 1 heterocycles. The molecule has 0 saturated carbocycles. The molecule has 0 aromatic carbocycles. The van der Waals surface area contributed by atoms with Gasteiger partial charge in [0.05, 0.1) is 6.61 Å². The Kier molecular flexibility index (Phi) is 5.31. The molecule has 0 fully saturated rings. The van der Waals surface area contributed by atoms with Crippen molar-refractivity contribution in [3.05, 3.63) is 35.4 Å². The lowest BCUT2D eigenvalue weighted by atomic mass is 10.1. The standard InChI is InChI=1S/C11H15F2N3O4/c1-2-11(6-17,9(13)18)20-8(5-12)16-4-3-7(14)15-10(16)19/h2-4,8-9,17-18H,1,5-6H2,(H2,14,15,19)/t8?,9-,11-/m1/s1. The third-order valence-corrected chi connectivity index (χ3v) is 2.65. The predicted molar refractivity (Wildman–Crippen MR) is 66.1 cm³/mol. The van der Waals surface area contributed by atoms with Crippen molar-refractivity contribution in [2.24, 2.45) is 0 Å². The minimum Gasteiger partial charge on any atom is -0.393 e. The summed E-state index contributed by atoms with van der Waals surface area (Å²) in [6.07, 6.45) is -2.37. The van der Waals surface area contributed by atoms with Gasteiger partial charge in [0.1, 0.15) is 12.5 Å². The molecule has 0 aliphatic carbocycles. The molecule has 0 amide bonds. The summed E-state index contributed by atoms with van der Waals surface area (Å²) in [5.41, 5.74) is 2.11. The van der Waals surface area contributed by atoms with Crippen LogP contribution >= 0.6 is 0 Å². The Bertz CT molecular complexity index is 523. The van der Waals surface area contributed by atoms with E-state index in [1.807, 2.05) is 0 Å². The zero-order chi connectivity index (χ0) is 15.3. The Morgan fingerprint density at radius 1 is 1.70 bits per heavy atom. The van der Waals surface area contributed by atoms with Gasteiger partial charge in [-0.2, -0.15) is 4.98 Å². The zero-order valence-corrected chi connectivity index (χ0v) is 10.4. The lowest BCUT2D eigenvalue weighted by Crippen LogP contribution is -2.47. The van der Waals surface area contributed by atoms with Crippen LogP contribution in [-0.4, -0.2) is 45.0 Å². The number of aliphatic hydroxyl groups excluding tert-OH is 2. The molecule has 0 aliphatic rings. The lowest BCUT2D eigenvalue weighted by molar-refractivity contribution is -0.208. The molecule has 20 heavy (non-hydrogen) atoms. The number of hydrogen-bond acceptors (Lipinski definition) is 6. The Labute approximate surface area is 112 Å². The zero-order valence-electron chi connectivity index (χ0n) is 10.4. The summed E-state index contributed by atoms with van der Waals surface area (Å²) in [6.45, 7) is 0.986. The number of alkyl halides is 2. The van der Waals surface area contributed by atoms with Gasteiger partial charge in [-0.05, 0) is 6.07 Å². The molecule has 1 aromatic heterocycles. The van der Waals surface area contributed by atoms with E-state index in [9.17, 15) is 13.6 Å². The van der Waals surface area contributed by atoms with Crippen molar-refractivity contribution in [3.8, 4) is 0 Å². The van der Waals surface area contributed by atoms with Gasteiger partial charge in [-0.25, -0.2) is 13.6 Å². The number of nitrogens with two attached hydrogens (primary N) is 1. The average Bonchev–Trinajstić information content (AvgIpc) is 2.41. The van der Waals surface area contributed by atoms with Gasteiger partial charge < -0.3 is 20.7 Å². The van der Waals surface area contributed by atoms with Gasteiger partial charge in [-0.1, -0.05) is 12.7 Å². The summed E-state index contributed by atoms with van der Waals surface area (Å²) in [4.78, 5) is 14.9. The maximum absolute atomic E-state index is 13.2. The average molecular weight is 291 g/mol. The predicted octanol–water partition coefficient (Wildman–Crippen LogP) is -0.485. The maximum atomic E-state index is 13.2. The van der Waals surface area contributed by atoms with Gasteiger partial charge in [0, 0.05) is 6.20 Å². The topological polar surface area (TPSA) is 111 Å². The molecule has 0 aliphatic heterocycles. The van der Waals surface area contributed by atoms with Crippen molar-refractivity contribution >= 4 is 5.82 Å². The number of aromatic nitrogens is 2. The highest BCUT2D eigenvalue weighted by Gasteiger charge is 2.39. The fourth-order valence-electron chi connectivity index (χ4n) is 1.44.